The molecule has 5 nitrogen and oxygen atoms in total. The lowest BCUT2D eigenvalue weighted by atomic mass is 9.90. The number of nitrogens with one attached hydrogen (secondary N) is 2. The second-order valence-electron chi connectivity index (χ2n) is 6.78. The van der Waals surface area contributed by atoms with Crippen LogP contribution in [0, 0.1) is 5.92 Å². The molecule has 0 spiro atoms. The molecule has 2 aromatic carbocycles. The number of hydrogen-bond acceptors (Lipinski definition) is 3. The van der Waals surface area contributed by atoms with Gasteiger partial charge in [0.2, 0.25) is 0 Å². The zero-order valence-corrected chi connectivity index (χ0v) is 14.9. The Hall–Kier alpha value is -2.66. The quantitative estimate of drug-likeness (QED) is 0.813. The highest BCUT2D eigenvalue weighted by Gasteiger charge is 2.21. The van der Waals surface area contributed by atoms with Crippen LogP contribution in [0.15, 0.2) is 60.7 Å². The van der Waals surface area contributed by atoms with E-state index in [-0.39, 0.29) is 11.8 Å². The molecule has 0 atom stereocenters. The van der Waals surface area contributed by atoms with E-state index in [0.29, 0.717) is 18.0 Å². The molecule has 0 bridgehead atoms. The Morgan fingerprint density at radius 3 is 2.15 bits per heavy atom. The number of nitrogens with zero attached hydrogens (tertiary/aromatic N) is 1. The summed E-state index contributed by atoms with van der Waals surface area (Å²) in [6.45, 7) is 2.14. The summed E-state index contributed by atoms with van der Waals surface area (Å²) in [5.74, 6) is 0.186. The summed E-state index contributed by atoms with van der Waals surface area (Å²) in [5.41, 5.74) is 6.87. The van der Waals surface area contributed by atoms with Gasteiger partial charge < -0.3 is 0 Å². The number of carbonyl (C=O) groups is 2. The summed E-state index contributed by atoms with van der Waals surface area (Å²) in [5, 5.41) is 0. The predicted octanol–water partition coefficient (Wildman–Crippen LogP) is 2.40. The third-order valence-electron chi connectivity index (χ3n) is 4.79. The van der Waals surface area contributed by atoms with Gasteiger partial charge in [0.1, 0.15) is 0 Å². The maximum Gasteiger partial charge on any atom is 0.269 e. The lowest BCUT2D eigenvalue weighted by molar-refractivity contribution is -0.123. The third kappa shape index (κ3) is 5.43. The molecule has 26 heavy (non-hydrogen) atoms. The molecule has 0 radical (unpaired) electrons. The molecule has 0 aromatic heterocycles. The maximum atomic E-state index is 12.1. The van der Waals surface area contributed by atoms with Crippen LogP contribution in [0.5, 0.6) is 0 Å². The standard InChI is InChI=1S/C21H25N3O2/c25-20(22-23-21(26)19-9-5-2-6-10-19)16-24-13-11-18(12-14-24)15-17-7-3-1-4-8-17/h1-10,18H,11-16H2,(H,22,25)(H,23,26). The molecule has 1 aliphatic rings. The van der Waals surface area contributed by atoms with Gasteiger partial charge in [-0.25, -0.2) is 0 Å². The normalized spacial score (nSPS) is 15.4. The smallest absolute Gasteiger partial charge is 0.269 e. The van der Waals surface area contributed by atoms with Crippen LogP contribution in [0.3, 0.4) is 0 Å². The van der Waals surface area contributed by atoms with Crippen molar-refractivity contribution in [2.24, 2.45) is 5.92 Å². The van der Waals surface area contributed by atoms with E-state index in [1.54, 1.807) is 24.3 Å². The van der Waals surface area contributed by atoms with Crippen LogP contribution in [0.2, 0.25) is 0 Å². The molecule has 2 aromatic rings. The van der Waals surface area contributed by atoms with Gasteiger partial charge in [-0.1, -0.05) is 48.5 Å². The number of hydrazine groups is 1. The van der Waals surface area contributed by atoms with Crippen molar-refractivity contribution < 1.29 is 9.59 Å². The van der Waals surface area contributed by atoms with E-state index in [9.17, 15) is 9.59 Å². The summed E-state index contributed by atoms with van der Waals surface area (Å²) in [7, 11) is 0. The van der Waals surface area contributed by atoms with E-state index in [0.717, 1.165) is 32.4 Å². The van der Waals surface area contributed by atoms with E-state index in [1.807, 2.05) is 12.1 Å². The third-order valence-corrected chi connectivity index (χ3v) is 4.79. The summed E-state index contributed by atoms with van der Waals surface area (Å²) >= 11 is 0. The number of rotatable bonds is 5. The Bertz CT molecular complexity index is 711. The zero-order chi connectivity index (χ0) is 18.2. The minimum atomic E-state index is -0.305. The van der Waals surface area contributed by atoms with Crippen molar-refractivity contribution in [3.8, 4) is 0 Å². The van der Waals surface area contributed by atoms with Crippen molar-refractivity contribution in [3.63, 3.8) is 0 Å². The monoisotopic (exact) mass is 351 g/mol. The minimum absolute atomic E-state index is 0.184. The Morgan fingerprint density at radius 1 is 0.885 bits per heavy atom. The van der Waals surface area contributed by atoms with Crippen LogP contribution in [-0.4, -0.2) is 36.3 Å². The number of hydrogen-bond donors (Lipinski definition) is 2. The largest absolute Gasteiger partial charge is 0.294 e. The van der Waals surface area contributed by atoms with E-state index >= 15 is 0 Å². The van der Waals surface area contributed by atoms with Gasteiger partial charge in [0, 0.05) is 5.56 Å². The highest BCUT2D eigenvalue weighted by molar-refractivity contribution is 5.95. The van der Waals surface area contributed by atoms with Crippen molar-refractivity contribution in [1.82, 2.24) is 15.8 Å². The van der Waals surface area contributed by atoms with Crippen molar-refractivity contribution in [3.05, 3.63) is 71.8 Å². The molecular formula is C21H25N3O2. The summed E-state index contributed by atoms with van der Waals surface area (Å²) < 4.78 is 0. The van der Waals surface area contributed by atoms with Crippen LogP contribution in [0.4, 0.5) is 0 Å². The molecule has 0 unspecified atom stereocenters. The molecule has 1 fully saturated rings. The number of piperidine rings is 1. The molecule has 1 aliphatic heterocycles. The van der Waals surface area contributed by atoms with Crippen LogP contribution < -0.4 is 10.9 Å². The molecule has 3 rings (SSSR count). The van der Waals surface area contributed by atoms with Crippen molar-refractivity contribution in [2.45, 2.75) is 19.3 Å². The molecule has 5 heteroatoms. The van der Waals surface area contributed by atoms with Gasteiger partial charge in [-0.3, -0.25) is 25.3 Å². The Labute approximate surface area is 154 Å². The highest BCUT2D eigenvalue weighted by atomic mass is 16.2. The summed E-state index contributed by atoms with van der Waals surface area (Å²) in [4.78, 5) is 26.1. The van der Waals surface area contributed by atoms with Gasteiger partial charge in [-0.05, 0) is 56.0 Å². The van der Waals surface area contributed by atoms with Crippen LogP contribution >= 0.6 is 0 Å². The first-order valence-corrected chi connectivity index (χ1v) is 9.11. The van der Waals surface area contributed by atoms with Gasteiger partial charge in [0.25, 0.3) is 11.8 Å². The van der Waals surface area contributed by atoms with Crippen molar-refractivity contribution in [2.75, 3.05) is 19.6 Å². The molecule has 2 amide bonds. The fourth-order valence-corrected chi connectivity index (χ4v) is 3.33. The number of amides is 2. The van der Waals surface area contributed by atoms with Gasteiger partial charge >= 0.3 is 0 Å². The van der Waals surface area contributed by atoms with Crippen LogP contribution in [0.1, 0.15) is 28.8 Å². The molecule has 0 aliphatic carbocycles. The van der Waals surface area contributed by atoms with E-state index < -0.39 is 0 Å². The number of carbonyl (C=O) groups excluding carboxylic acids is 2. The van der Waals surface area contributed by atoms with Crippen LogP contribution in [0.25, 0.3) is 0 Å². The predicted molar refractivity (Wildman–Crippen MR) is 101 cm³/mol. The zero-order valence-electron chi connectivity index (χ0n) is 14.9. The number of likely N-dealkylation sites (tertiary alicyclic amines) is 1. The second kappa shape index (κ2) is 9.15. The van der Waals surface area contributed by atoms with E-state index in [1.165, 1.54) is 5.56 Å². The van der Waals surface area contributed by atoms with E-state index in [4.69, 9.17) is 0 Å². The first kappa shape index (κ1) is 18.1. The Morgan fingerprint density at radius 2 is 1.50 bits per heavy atom. The average molecular weight is 351 g/mol. The van der Waals surface area contributed by atoms with Crippen molar-refractivity contribution >= 4 is 11.8 Å². The fourth-order valence-electron chi connectivity index (χ4n) is 3.33. The lowest BCUT2D eigenvalue weighted by Crippen LogP contribution is -2.48. The maximum absolute atomic E-state index is 12.1. The molecule has 0 saturated carbocycles. The topological polar surface area (TPSA) is 61.4 Å². The lowest BCUT2D eigenvalue weighted by Gasteiger charge is -2.31. The fraction of sp³-hybridized carbons (Fsp3) is 0.333. The summed E-state index contributed by atoms with van der Waals surface area (Å²) in [6, 6.07) is 19.4. The number of benzene rings is 2. The first-order valence-electron chi connectivity index (χ1n) is 9.11. The summed E-state index contributed by atoms with van der Waals surface area (Å²) in [6.07, 6.45) is 3.30. The molecule has 1 saturated heterocycles. The minimum Gasteiger partial charge on any atom is -0.294 e. The van der Waals surface area contributed by atoms with Gasteiger partial charge in [-0.2, -0.15) is 0 Å². The van der Waals surface area contributed by atoms with Gasteiger partial charge in [0.15, 0.2) is 0 Å². The SMILES string of the molecule is O=C(CN1CCC(Cc2ccccc2)CC1)NNC(=O)c1ccccc1. The Balaban J connectivity index is 1.36. The molecule has 1 heterocycles. The molecular weight excluding hydrogens is 326 g/mol. The van der Waals surface area contributed by atoms with Crippen molar-refractivity contribution in [1.29, 1.82) is 0 Å². The average Bonchev–Trinajstić information content (AvgIpc) is 2.69. The second-order valence-corrected chi connectivity index (χ2v) is 6.78. The molecule has 2 N–H and O–H groups in total. The van der Waals surface area contributed by atoms with E-state index in [2.05, 4.69) is 40.0 Å². The highest BCUT2D eigenvalue weighted by Crippen LogP contribution is 2.21. The van der Waals surface area contributed by atoms with Gasteiger partial charge in [0.05, 0.1) is 6.54 Å². The Kier molecular flexibility index (Phi) is 6.39. The first-order chi connectivity index (χ1) is 12.7. The molecule has 136 valence electrons. The van der Waals surface area contributed by atoms with Gasteiger partial charge in [-0.15, -0.1) is 0 Å². The van der Waals surface area contributed by atoms with Crippen LogP contribution in [-0.2, 0) is 11.2 Å².